The Hall–Kier alpha value is -1.69. The van der Waals surface area contributed by atoms with Crippen molar-refractivity contribution in [1.29, 1.82) is 0 Å². The number of amides is 2. The summed E-state index contributed by atoms with van der Waals surface area (Å²) in [4.78, 5) is 23.9. The highest BCUT2D eigenvalue weighted by Gasteiger charge is 2.18. The molecule has 20 heavy (non-hydrogen) atoms. The zero-order valence-electron chi connectivity index (χ0n) is 11.7. The van der Waals surface area contributed by atoms with E-state index in [0.717, 1.165) is 17.7 Å². The molecule has 0 heterocycles. The summed E-state index contributed by atoms with van der Waals surface area (Å²) < 4.78 is 0. The lowest BCUT2D eigenvalue weighted by atomic mass is 10.1. The summed E-state index contributed by atoms with van der Waals surface area (Å²) in [7, 11) is 0. The van der Waals surface area contributed by atoms with Crippen LogP contribution in [0.25, 0.3) is 0 Å². The van der Waals surface area contributed by atoms with Crippen molar-refractivity contribution in [2.24, 2.45) is 0 Å². The van der Waals surface area contributed by atoms with Crippen LogP contribution < -0.4 is 10.6 Å². The molecule has 1 aromatic rings. The number of carbonyl (C=O) groups excluding carboxylic acids is 1. The minimum atomic E-state index is -1.01. The molecule has 0 fully saturated rings. The Kier molecular flexibility index (Phi) is 6.93. The molecule has 0 aliphatic heterocycles. The molecule has 0 spiro atoms. The van der Waals surface area contributed by atoms with Gasteiger partial charge in [0.25, 0.3) is 0 Å². The van der Waals surface area contributed by atoms with Crippen molar-refractivity contribution in [3.8, 4) is 0 Å². The highest BCUT2D eigenvalue weighted by atomic mass is 32.2. The number of anilines is 1. The number of carboxylic acids is 1. The molecule has 3 N–H and O–H groups in total. The fourth-order valence-electron chi connectivity index (χ4n) is 1.67. The van der Waals surface area contributed by atoms with E-state index in [-0.39, 0.29) is 0 Å². The first-order valence-corrected chi connectivity index (χ1v) is 7.73. The van der Waals surface area contributed by atoms with Gasteiger partial charge in [0.15, 0.2) is 0 Å². The summed E-state index contributed by atoms with van der Waals surface area (Å²) in [6.45, 7) is 1.98. The molecule has 0 saturated heterocycles. The van der Waals surface area contributed by atoms with Crippen molar-refractivity contribution < 1.29 is 14.7 Å². The number of thioether (sulfide) groups is 1. The van der Waals surface area contributed by atoms with Gasteiger partial charge in [0.05, 0.1) is 0 Å². The number of benzene rings is 1. The van der Waals surface area contributed by atoms with Crippen LogP contribution in [0.2, 0.25) is 0 Å². The number of rotatable bonds is 7. The van der Waals surface area contributed by atoms with E-state index in [0.29, 0.717) is 12.1 Å². The Morgan fingerprint density at radius 2 is 1.95 bits per heavy atom. The maximum absolute atomic E-state index is 11.8. The average molecular weight is 296 g/mol. The quantitative estimate of drug-likeness (QED) is 0.675. The first-order chi connectivity index (χ1) is 9.56. The van der Waals surface area contributed by atoms with Crippen LogP contribution in [0.3, 0.4) is 0 Å². The Balaban J connectivity index is 2.53. The van der Waals surface area contributed by atoms with Gasteiger partial charge in [0.1, 0.15) is 6.04 Å². The number of hydrogen-bond acceptors (Lipinski definition) is 3. The number of carboxylic acid groups (broad SMARTS) is 1. The third-order valence-electron chi connectivity index (χ3n) is 2.80. The molecule has 0 saturated carbocycles. The largest absolute Gasteiger partial charge is 0.480 e. The normalized spacial score (nSPS) is 11.7. The van der Waals surface area contributed by atoms with Crippen LogP contribution in [-0.2, 0) is 4.79 Å². The van der Waals surface area contributed by atoms with Crippen molar-refractivity contribution in [2.75, 3.05) is 11.6 Å². The zero-order chi connectivity index (χ0) is 15.0. The lowest BCUT2D eigenvalue weighted by molar-refractivity contribution is -0.139. The molecule has 0 bridgehead atoms. The second-order valence-electron chi connectivity index (χ2n) is 4.36. The van der Waals surface area contributed by atoms with Crippen LogP contribution in [0.5, 0.6) is 0 Å². The highest BCUT2D eigenvalue weighted by molar-refractivity contribution is 7.98. The van der Waals surface area contributed by atoms with E-state index in [4.69, 9.17) is 5.11 Å². The molecule has 1 unspecified atom stereocenters. The average Bonchev–Trinajstić information content (AvgIpc) is 2.44. The van der Waals surface area contributed by atoms with E-state index < -0.39 is 18.0 Å². The summed E-state index contributed by atoms with van der Waals surface area (Å²) >= 11 is 1.61. The molecule has 1 atom stereocenters. The van der Waals surface area contributed by atoms with Gasteiger partial charge in [-0.2, -0.15) is 0 Å². The highest BCUT2D eigenvalue weighted by Crippen LogP contribution is 2.17. The molecule has 6 heteroatoms. The van der Waals surface area contributed by atoms with E-state index in [1.165, 1.54) is 0 Å². The minimum Gasteiger partial charge on any atom is -0.480 e. The molecule has 0 aromatic heterocycles. The SMILES string of the molecule is CCCCC(NC(=O)Nc1ccc(SC)cc1)C(=O)O. The lowest BCUT2D eigenvalue weighted by Gasteiger charge is -2.14. The standard InChI is InChI=1S/C14H20N2O3S/c1-3-4-5-12(13(17)18)16-14(19)15-10-6-8-11(20-2)9-7-10/h6-9,12H,3-5H2,1-2H3,(H,17,18)(H2,15,16,19). The van der Waals surface area contributed by atoms with Crippen LogP contribution in [0.15, 0.2) is 29.2 Å². The second kappa shape index (κ2) is 8.47. The third-order valence-corrected chi connectivity index (χ3v) is 3.54. The molecule has 0 aliphatic rings. The number of aliphatic carboxylic acids is 1. The summed E-state index contributed by atoms with van der Waals surface area (Å²) in [5.41, 5.74) is 0.639. The van der Waals surface area contributed by atoms with Crippen molar-refractivity contribution in [1.82, 2.24) is 5.32 Å². The predicted molar refractivity (Wildman–Crippen MR) is 81.3 cm³/mol. The van der Waals surface area contributed by atoms with E-state index in [9.17, 15) is 9.59 Å². The number of urea groups is 1. The molecular formula is C14H20N2O3S. The monoisotopic (exact) mass is 296 g/mol. The van der Waals surface area contributed by atoms with E-state index in [1.54, 1.807) is 23.9 Å². The van der Waals surface area contributed by atoms with Gasteiger partial charge in [-0.3, -0.25) is 0 Å². The fourth-order valence-corrected chi connectivity index (χ4v) is 2.07. The molecule has 1 rings (SSSR count). The van der Waals surface area contributed by atoms with Gasteiger partial charge in [0.2, 0.25) is 0 Å². The molecule has 5 nitrogen and oxygen atoms in total. The third kappa shape index (κ3) is 5.52. The predicted octanol–water partition coefficient (Wildman–Crippen LogP) is 3.17. The van der Waals surface area contributed by atoms with Crippen LogP contribution in [0, 0.1) is 0 Å². The summed E-state index contributed by atoms with van der Waals surface area (Å²) in [5.74, 6) is -1.01. The minimum absolute atomic E-state index is 0.435. The Bertz CT molecular complexity index is 448. The van der Waals surface area contributed by atoms with Gasteiger partial charge in [-0.1, -0.05) is 19.8 Å². The van der Waals surface area contributed by atoms with E-state index in [2.05, 4.69) is 10.6 Å². The van der Waals surface area contributed by atoms with Gasteiger partial charge < -0.3 is 15.7 Å². The number of unbranched alkanes of at least 4 members (excludes halogenated alkanes) is 1. The van der Waals surface area contributed by atoms with Gasteiger partial charge in [0, 0.05) is 10.6 Å². The summed E-state index contributed by atoms with van der Waals surface area (Å²) in [5, 5.41) is 14.1. The number of nitrogens with one attached hydrogen (secondary N) is 2. The lowest BCUT2D eigenvalue weighted by Crippen LogP contribution is -2.42. The maximum atomic E-state index is 11.8. The molecule has 0 aliphatic carbocycles. The van der Waals surface area contributed by atoms with Gasteiger partial charge in [-0.15, -0.1) is 11.8 Å². The van der Waals surface area contributed by atoms with Crippen LogP contribution in [-0.4, -0.2) is 29.4 Å². The van der Waals surface area contributed by atoms with Crippen molar-refractivity contribution in [3.05, 3.63) is 24.3 Å². The van der Waals surface area contributed by atoms with Gasteiger partial charge in [-0.25, -0.2) is 9.59 Å². The van der Waals surface area contributed by atoms with Crippen LogP contribution in [0.1, 0.15) is 26.2 Å². The van der Waals surface area contributed by atoms with Crippen molar-refractivity contribution >= 4 is 29.4 Å². The fraction of sp³-hybridized carbons (Fsp3) is 0.429. The first kappa shape index (κ1) is 16.4. The first-order valence-electron chi connectivity index (χ1n) is 6.51. The second-order valence-corrected chi connectivity index (χ2v) is 5.24. The van der Waals surface area contributed by atoms with Gasteiger partial charge in [-0.05, 0) is 36.9 Å². The summed E-state index contributed by atoms with van der Waals surface area (Å²) in [6, 6.07) is 6.02. The van der Waals surface area contributed by atoms with Crippen LogP contribution in [0.4, 0.5) is 10.5 Å². The van der Waals surface area contributed by atoms with Gasteiger partial charge >= 0.3 is 12.0 Å². The van der Waals surface area contributed by atoms with Crippen molar-refractivity contribution in [2.45, 2.75) is 37.1 Å². The number of carbonyl (C=O) groups is 2. The summed E-state index contributed by atoms with van der Waals surface area (Å²) in [6.07, 6.45) is 4.06. The molecular weight excluding hydrogens is 276 g/mol. The maximum Gasteiger partial charge on any atom is 0.326 e. The molecule has 0 radical (unpaired) electrons. The molecule has 110 valence electrons. The van der Waals surface area contributed by atoms with Crippen molar-refractivity contribution in [3.63, 3.8) is 0 Å². The van der Waals surface area contributed by atoms with E-state index >= 15 is 0 Å². The molecule has 1 aromatic carbocycles. The number of hydrogen-bond donors (Lipinski definition) is 3. The molecule has 2 amide bonds. The topological polar surface area (TPSA) is 78.4 Å². The van der Waals surface area contributed by atoms with Crippen LogP contribution >= 0.6 is 11.8 Å². The Morgan fingerprint density at radius 1 is 1.30 bits per heavy atom. The Labute approximate surface area is 123 Å². The zero-order valence-corrected chi connectivity index (χ0v) is 12.5. The van der Waals surface area contributed by atoms with E-state index in [1.807, 2.05) is 25.3 Å². The smallest absolute Gasteiger partial charge is 0.326 e. The Morgan fingerprint density at radius 3 is 2.45 bits per heavy atom.